The number of likely N-dealkylation sites (tertiary alicyclic amines) is 1. The van der Waals surface area contributed by atoms with Crippen molar-refractivity contribution in [1.82, 2.24) is 9.80 Å². The summed E-state index contributed by atoms with van der Waals surface area (Å²) < 4.78 is 11.7. The van der Waals surface area contributed by atoms with Crippen LogP contribution in [0.3, 0.4) is 0 Å². The van der Waals surface area contributed by atoms with E-state index in [-0.39, 0.29) is 30.5 Å². The Morgan fingerprint density at radius 3 is 2.71 bits per heavy atom. The third-order valence-electron chi connectivity index (χ3n) is 8.59. The molecule has 8 heteroatoms. The molecule has 38 heavy (non-hydrogen) atoms. The van der Waals surface area contributed by atoms with E-state index in [2.05, 4.69) is 17.9 Å². The van der Waals surface area contributed by atoms with Gasteiger partial charge in [-0.15, -0.1) is 0 Å². The molecular formula is C30H47N3O5. The summed E-state index contributed by atoms with van der Waals surface area (Å²) in [6.45, 7) is 6.51. The van der Waals surface area contributed by atoms with Gasteiger partial charge in [0.05, 0.1) is 25.2 Å². The Balaban J connectivity index is 1.54. The molecule has 0 spiro atoms. The fraction of sp³-hybridized carbons (Fsp3) is 0.733. The van der Waals surface area contributed by atoms with Crippen LogP contribution in [0.1, 0.15) is 81.8 Å². The van der Waals surface area contributed by atoms with Crippen LogP contribution in [0.15, 0.2) is 18.2 Å². The maximum Gasteiger partial charge on any atom is 0.308 e. The van der Waals surface area contributed by atoms with Crippen LogP contribution in [-0.2, 0) is 20.7 Å². The van der Waals surface area contributed by atoms with Gasteiger partial charge in [0.2, 0.25) is 5.91 Å². The monoisotopic (exact) mass is 529 g/mol. The number of carbonyl (C=O) groups excluding carboxylic acids is 1. The molecule has 1 aromatic carbocycles. The maximum absolute atomic E-state index is 13.6. The average molecular weight is 530 g/mol. The van der Waals surface area contributed by atoms with Gasteiger partial charge in [-0.1, -0.05) is 25.5 Å². The van der Waals surface area contributed by atoms with E-state index < -0.39 is 11.9 Å². The zero-order valence-electron chi connectivity index (χ0n) is 23.1. The van der Waals surface area contributed by atoms with E-state index in [1.165, 1.54) is 0 Å². The van der Waals surface area contributed by atoms with E-state index in [0.29, 0.717) is 26.2 Å². The molecule has 4 atom stereocenters. The molecule has 3 heterocycles. The Bertz CT molecular complexity index is 919. The van der Waals surface area contributed by atoms with E-state index in [0.717, 1.165) is 94.2 Å². The van der Waals surface area contributed by atoms with E-state index in [9.17, 15) is 14.7 Å². The first-order valence-electron chi connectivity index (χ1n) is 14.8. The van der Waals surface area contributed by atoms with Crippen molar-refractivity contribution in [3.05, 3.63) is 29.3 Å². The topological polar surface area (TPSA) is 105 Å². The lowest BCUT2D eigenvalue weighted by molar-refractivity contribution is -0.144. The van der Waals surface area contributed by atoms with Gasteiger partial charge in [0.15, 0.2) is 0 Å². The number of carboxylic acids is 1. The number of unbranched alkanes of at least 4 members (excludes halogenated alkanes) is 2. The van der Waals surface area contributed by atoms with Crippen LogP contribution in [0, 0.1) is 5.92 Å². The highest BCUT2D eigenvalue weighted by Gasteiger charge is 2.47. The zero-order valence-corrected chi connectivity index (χ0v) is 23.1. The Morgan fingerprint density at radius 2 is 1.97 bits per heavy atom. The molecule has 8 nitrogen and oxygen atoms in total. The zero-order chi connectivity index (χ0) is 26.9. The van der Waals surface area contributed by atoms with Crippen molar-refractivity contribution in [3.8, 4) is 5.75 Å². The maximum atomic E-state index is 13.6. The van der Waals surface area contributed by atoms with Gasteiger partial charge < -0.3 is 25.2 Å². The smallest absolute Gasteiger partial charge is 0.308 e. The highest BCUT2D eigenvalue weighted by Crippen LogP contribution is 2.41. The van der Waals surface area contributed by atoms with Gasteiger partial charge in [-0.05, 0) is 75.1 Å². The predicted octanol–water partition coefficient (Wildman–Crippen LogP) is 3.81. The molecule has 2 fully saturated rings. The van der Waals surface area contributed by atoms with Crippen molar-refractivity contribution in [2.45, 2.75) is 89.2 Å². The number of carboxylic acid groups (broad SMARTS) is 1. The standard InChI is InChI=1S/C30H47N3O5/c1-2-3-15-32(16-6-5-14-31)28(34)21-33-20-25(22-9-12-27-23(19-22)13-18-38-27)29(30(35)36)26(33)11-10-24-8-4-7-17-37-24/h9,12,19,24-26,29H,2-8,10-11,13-18,20-21,31H2,1H3,(H,35,36)/t24?,25-,26+,29?/m1/s1. The van der Waals surface area contributed by atoms with Crippen molar-refractivity contribution in [2.24, 2.45) is 11.7 Å². The number of hydrogen-bond acceptors (Lipinski definition) is 6. The lowest BCUT2D eigenvalue weighted by Crippen LogP contribution is -2.45. The molecule has 0 bridgehead atoms. The number of ether oxygens (including phenoxy) is 2. The van der Waals surface area contributed by atoms with Gasteiger partial charge in [0.1, 0.15) is 5.75 Å². The molecule has 3 N–H and O–H groups in total. The summed E-state index contributed by atoms with van der Waals surface area (Å²) in [6.07, 6.45) is 9.67. The number of hydrogen-bond donors (Lipinski definition) is 2. The quantitative estimate of drug-likeness (QED) is 0.353. The van der Waals surface area contributed by atoms with E-state index in [1.54, 1.807) is 0 Å². The van der Waals surface area contributed by atoms with E-state index >= 15 is 0 Å². The summed E-state index contributed by atoms with van der Waals surface area (Å²) in [5.74, 6) is -0.498. The SMILES string of the molecule is CCCCN(CCCCN)C(=O)CN1C[C@H](c2ccc3c(c2)CCO3)C(C(=O)O)[C@@H]1CCC1CCCCO1. The third-order valence-corrected chi connectivity index (χ3v) is 8.59. The molecule has 0 saturated carbocycles. The number of carbonyl (C=O) groups is 2. The number of rotatable bonds is 14. The van der Waals surface area contributed by atoms with Crippen molar-refractivity contribution >= 4 is 11.9 Å². The Kier molecular flexibility index (Phi) is 10.8. The number of nitrogens with zero attached hydrogens (tertiary/aromatic N) is 2. The number of aliphatic carboxylic acids is 1. The first-order chi connectivity index (χ1) is 18.5. The predicted molar refractivity (Wildman–Crippen MR) is 147 cm³/mol. The molecule has 2 unspecified atom stereocenters. The number of nitrogens with two attached hydrogens (primary N) is 1. The van der Waals surface area contributed by atoms with E-state index in [1.807, 2.05) is 17.0 Å². The fourth-order valence-corrected chi connectivity index (χ4v) is 6.45. The van der Waals surface area contributed by atoms with Crippen LogP contribution in [0.25, 0.3) is 0 Å². The molecule has 1 amide bonds. The van der Waals surface area contributed by atoms with Gasteiger partial charge in [-0.3, -0.25) is 14.5 Å². The van der Waals surface area contributed by atoms with E-state index in [4.69, 9.17) is 15.2 Å². The summed E-state index contributed by atoms with van der Waals surface area (Å²) in [4.78, 5) is 30.5. The number of benzene rings is 1. The molecule has 3 aliphatic rings. The second kappa shape index (κ2) is 14.3. The van der Waals surface area contributed by atoms with Crippen LogP contribution in [0.2, 0.25) is 0 Å². The van der Waals surface area contributed by atoms with Crippen molar-refractivity contribution in [2.75, 3.05) is 45.9 Å². The molecule has 0 aromatic heterocycles. The summed E-state index contributed by atoms with van der Waals surface area (Å²) in [5.41, 5.74) is 7.89. The second-order valence-electron chi connectivity index (χ2n) is 11.2. The van der Waals surface area contributed by atoms with Crippen molar-refractivity contribution in [1.29, 1.82) is 0 Å². The number of fused-ring (bicyclic) bond motifs is 1. The van der Waals surface area contributed by atoms with Gasteiger partial charge >= 0.3 is 5.97 Å². The summed E-state index contributed by atoms with van der Waals surface area (Å²) in [5, 5.41) is 10.5. The Morgan fingerprint density at radius 1 is 1.13 bits per heavy atom. The van der Waals surface area contributed by atoms with Gasteiger partial charge in [-0.2, -0.15) is 0 Å². The molecule has 212 valence electrons. The molecule has 0 radical (unpaired) electrons. The largest absolute Gasteiger partial charge is 0.493 e. The minimum absolute atomic E-state index is 0.0986. The highest BCUT2D eigenvalue weighted by molar-refractivity contribution is 5.79. The van der Waals surface area contributed by atoms with Crippen molar-refractivity contribution < 1.29 is 24.2 Å². The normalized spacial score (nSPS) is 25.2. The molecular weight excluding hydrogens is 482 g/mol. The van der Waals surface area contributed by atoms with Crippen LogP contribution < -0.4 is 10.5 Å². The van der Waals surface area contributed by atoms with Crippen LogP contribution in [0.5, 0.6) is 5.75 Å². The van der Waals surface area contributed by atoms with Crippen LogP contribution in [0.4, 0.5) is 0 Å². The molecule has 3 aliphatic heterocycles. The highest BCUT2D eigenvalue weighted by atomic mass is 16.5. The molecule has 1 aromatic rings. The third kappa shape index (κ3) is 7.27. The van der Waals surface area contributed by atoms with Gasteiger partial charge in [0.25, 0.3) is 0 Å². The lowest BCUT2D eigenvalue weighted by Gasteiger charge is -2.31. The second-order valence-corrected chi connectivity index (χ2v) is 11.2. The lowest BCUT2D eigenvalue weighted by atomic mass is 9.82. The molecule has 0 aliphatic carbocycles. The molecule has 2 saturated heterocycles. The van der Waals surface area contributed by atoms with Gasteiger partial charge in [0, 0.05) is 44.6 Å². The van der Waals surface area contributed by atoms with Crippen LogP contribution >= 0.6 is 0 Å². The van der Waals surface area contributed by atoms with Crippen LogP contribution in [-0.4, -0.2) is 84.9 Å². The number of amides is 1. The minimum Gasteiger partial charge on any atom is -0.493 e. The Labute approximate surface area is 227 Å². The average Bonchev–Trinajstić information content (AvgIpc) is 3.54. The van der Waals surface area contributed by atoms with Gasteiger partial charge in [-0.25, -0.2) is 0 Å². The summed E-state index contributed by atoms with van der Waals surface area (Å²) in [7, 11) is 0. The van der Waals surface area contributed by atoms with Crippen molar-refractivity contribution in [3.63, 3.8) is 0 Å². The fourth-order valence-electron chi connectivity index (χ4n) is 6.45. The molecule has 4 rings (SSSR count). The summed E-state index contributed by atoms with van der Waals surface area (Å²) in [6, 6.07) is 5.95. The first kappa shape index (κ1) is 28.8. The first-order valence-corrected chi connectivity index (χ1v) is 14.8. The minimum atomic E-state index is -0.776. The summed E-state index contributed by atoms with van der Waals surface area (Å²) >= 11 is 0. The Hall–Kier alpha value is -2.16.